The Kier molecular flexibility index (Phi) is 2.25. The van der Waals surface area contributed by atoms with Crippen LogP contribution in [0.5, 0.6) is 5.75 Å². The van der Waals surface area contributed by atoms with Gasteiger partial charge in [-0.05, 0) is 29.7 Å². The van der Waals surface area contributed by atoms with Crippen LogP contribution in [0, 0.1) is 0 Å². The van der Waals surface area contributed by atoms with Crippen molar-refractivity contribution in [3.05, 3.63) is 30.3 Å². The highest BCUT2D eigenvalue weighted by Crippen LogP contribution is 2.29. The maximum Gasteiger partial charge on any atom is 0.238 e. The van der Waals surface area contributed by atoms with Crippen LogP contribution in [0.1, 0.15) is 0 Å². The maximum absolute atomic E-state index is 11.1. The van der Waals surface area contributed by atoms with Gasteiger partial charge in [0.15, 0.2) is 0 Å². The second kappa shape index (κ2) is 3.36. The van der Waals surface area contributed by atoms with Gasteiger partial charge in [-0.15, -0.1) is 0 Å². The molecule has 0 amide bonds. The molecule has 0 atom stereocenters. The lowest BCUT2D eigenvalue weighted by Gasteiger charge is -2.05. The summed E-state index contributed by atoms with van der Waals surface area (Å²) in [6.45, 7) is 0. The molecule has 0 spiro atoms. The molecule has 2 aromatic rings. The Balaban J connectivity index is 2.85. The zero-order valence-corrected chi connectivity index (χ0v) is 9.03. The third-order valence-corrected chi connectivity index (χ3v) is 3.15. The lowest BCUT2D eigenvalue weighted by Crippen LogP contribution is -2.11. The fourth-order valence-corrected chi connectivity index (χ4v) is 2.07. The molecule has 0 fully saturated rings. The summed E-state index contributed by atoms with van der Waals surface area (Å²) in [5.41, 5.74) is 6.06. The topological polar surface area (TPSA) is 106 Å². The van der Waals surface area contributed by atoms with E-state index in [9.17, 15) is 13.5 Å². The molecule has 2 rings (SSSR count). The minimum absolute atomic E-state index is 0.136. The van der Waals surface area contributed by atoms with Gasteiger partial charge < -0.3 is 10.8 Å². The number of benzene rings is 2. The number of phenols is 1. The van der Waals surface area contributed by atoms with E-state index in [0.717, 1.165) is 6.07 Å². The Morgan fingerprint density at radius 2 is 1.81 bits per heavy atom. The number of fused-ring (bicyclic) bond motifs is 1. The molecule has 0 heterocycles. The monoisotopic (exact) mass is 238 g/mol. The summed E-state index contributed by atoms with van der Waals surface area (Å²) in [5.74, 6) is -0.137. The Bertz CT molecular complexity index is 665. The molecular formula is C10H10N2O3S. The van der Waals surface area contributed by atoms with Crippen LogP contribution >= 0.6 is 0 Å². The van der Waals surface area contributed by atoms with Gasteiger partial charge in [-0.3, -0.25) is 0 Å². The van der Waals surface area contributed by atoms with E-state index in [4.69, 9.17) is 10.9 Å². The molecule has 0 bridgehead atoms. The van der Waals surface area contributed by atoms with Gasteiger partial charge in [-0.1, -0.05) is 0 Å². The van der Waals surface area contributed by atoms with Gasteiger partial charge in [0.2, 0.25) is 10.0 Å². The lowest BCUT2D eigenvalue weighted by atomic mass is 10.1. The Hall–Kier alpha value is -1.79. The first-order chi connectivity index (χ1) is 7.38. The maximum atomic E-state index is 11.1. The second-order valence-corrected chi connectivity index (χ2v) is 5.03. The van der Waals surface area contributed by atoms with E-state index >= 15 is 0 Å². The SMILES string of the molecule is Nc1ccc2c(O)cc(S(N)(=O)=O)cc2c1. The number of hydrogen-bond donors (Lipinski definition) is 3. The molecule has 6 heteroatoms. The number of primary sulfonamides is 1. The van der Waals surface area contributed by atoms with Crippen molar-refractivity contribution in [2.45, 2.75) is 4.90 Å². The molecule has 0 radical (unpaired) electrons. The second-order valence-electron chi connectivity index (χ2n) is 3.47. The fourth-order valence-electron chi connectivity index (χ4n) is 1.51. The number of aromatic hydroxyl groups is 1. The summed E-state index contributed by atoms with van der Waals surface area (Å²) in [5, 5.41) is 15.7. The molecule has 16 heavy (non-hydrogen) atoms. The van der Waals surface area contributed by atoms with E-state index < -0.39 is 10.0 Å². The van der Waals surface area contributed by atoms with Crippen LogP contribution in [0.2, 0.25) is 0 Å². The molecule has 0 aromatic heterocycles. The minimum Gasteiger partial charge on any atom is -0.507 e. The zero-order valence-electron chi connectivity index (χ0n) is 8.21. The minimum atomic E-state index is -3.83. The quantitative estimate of drug-likeness (QED) is 0.638. The molecule has 2 aromatic carbocycles. The molecule has 0 saturated carbocycles. The van der Waals surface area contributed by atoms with Gasteiger partial charge in [0, 0.05) is 17.1 Å². The van der Waals surface area contributed by atoms with E-state index in [0.29, 0.717) is 16.5 Å². The van der Waals surface area contributed by atoms with Crippen LogP contribution < -0.4 is 10.9 Å². The molecule has 0 aliphatic rings. The van der Waals surface area contributed by atoms with E-state index in [-0.39, 0.29) is 10.6 Å². The standard InChI is InChI=1S/C10H10N2O3S/c11-7-1-2-9-6(3-7)4-8(5-10(9)13)16(12,14)15/h1-5,13H,11H2,(H2,12,14,15). The van der Waals surface area contributed by atoms with Crippen molar-refractivity contribution in [3.8, 4) is 5.75 Å². The van der Waals surface area contributed by atoms with Gasteiger partial charge >= 0.3 is 0 Å². The first-order valence-corrected chi connectivity index (χ1v) is 5.97. The van der Waals surface area contributed by atoms with E-state index in [1.165, 1.54) is 6.07 Å². The number of sulfonamides is 1. The molecule has 5 nitrogen and oxygen atoms in total. The average molecular weight is 238 g/mol. The normalized spacial score (nSPS) is 11.8. The van der Waals surface area contributed by atoms with Crippen LogP contribution in [0.4, 0.5) is 5.69 Å². The molecule has 0 aliphatic heterocycles. The number of anilines is 1. The third kappa shape index (κ3) is 1.80. The summed E-state index contributed by atoms with van der Waals surface area (Å²) in [7, 11) is -3.83. The summed E-state index contributed by atoms with van der Waals surface area (Å²) in [6.07, 6.45) is 0. The third-order valence-electron chi connectivity index (χ3n) is 2.26. The smallest absolute Gasteiger partial charge is 0.238 e. The van der Waals surface area contributed by atoms with Crippen LogP contribution in [0.25, 0.3) is 10.8 Å². The van der Waals surface area contributed by atoms with Crippen molar-refractivity contribution in [1.82, 2.24) is 0 Å². The highest BCUT2D eigenvalue weighted by molar-refractivity contribution is 7.89. The van der Waals surface area contributed by atoms with Crippen molar-refractivity contribution in [2.75, 3.05) is 5.73 Å². The zero-order chi connectivity index (χ0) is 11.9. The predicted octanol–water partition coefficient (Wildman–Crippen LogP) is 0.775. The van der Waals surface area contributed by atoms with Crippen molar-refractivity contribution in [1.29, 1.82) is 0 Å². The molecule has 84 valence electrons. The number of phenolic OH excluding ortho intramolecular Hbond substituents is 1. The van der Waals surface area contributed by atoms with Crippen LogP contribution in [-0.4, -0.2) is 13.5 Å². The largest absolute Gasteiger partial charge is 0.507 e. The van der Waals surface area contributed by atoms with Gasteiger partial charge in [0.1, 0.15) is 5.75 Å². The van der Waals surface area contributed by atoms with Crippen LogP contribution in [-0.2, 0) is 10.0 Å². The Morgan fingerprint density at radius 3 is 2.44 bits per heavy atom. The number of rotatable bonds is 1. The van der Waals surface area contributed by atoms with Crippen molar-refractivity contribution < 1.29 is 13.5 Å². The van der Waals surface area contributed by atoms with E-state index in [2.05, 4.69) is 0 Å². The molecule has 0 saturated heterocycles. The summed E-state index contributed by atoms with van der Waals surface area (Å²) in [4.78, 5) is -0.136. The van der Waals surface area contributed by atoms with Gasteiger partial charge in [-0.2, -0.15) is 0 Å². The molecule has 5 N–H and O–H groups in total. The van der Waals surface area contributed by atoms with Gasteiger partial charge in [0.25, 0.3) is 0 Å². The van der Waals surface area contributed by atoms with Crippen molar-refractivity contribution in [2.24, 2.45) is 5.14 Å². The average Bonchev–Trinajstić information content (AvgIpc) is 2.15. The fraction of sp³-hybridized carbons (Fsp3) is 0. The molecule has 0 unspecified atom stereocenters. The highest BCUT2D eigenvalue weighted by atomic mass is 32.2. The highest BCUT2D eigenvalue weighted by Gasteiger charge is 2.11. The lowest BCUT2D eigenvalue weighted by molar-refractivity contribution is 0.479. The summed E-state index contributed by atoms with van der Waals surface area (Å²) in [6, 6.07) is 7.31. The van der Waals surface area contributed by atoms with Gasteiger partial charge in [-0.25, -0.2) is 13.6 Å². The van der Waals surface area contributed by atoms with Crippen LogP contribution in [0.15, 0.2) is 35.2 Å². The van der Waals surface area contributed by atoms with Crippen molar-refractivity contribution >= 4 is 26.5 Å². The van der Waals surface area contributed by atoms with Crippen molar-refractivity contribution in [3.63, 3.8) is 0 Å². The summed E-state index contributed by atoms with van der Waals surface area (Å²) < 4.78 is 22.3. The van der Waals surface area contributed by atoms with Gasteiger partial charge in [0.05, 0.1) is 4.90 Å². The Labute approximate surface area is 92.3 Å². The molecular weight excluding hydrogens is 228 g/mol. The number of nitrogen functional groups attached to an aromatic ring is 1. The van der Waals surface area contributed by atoms with Crippen LogP contribution in [0.3, 0.4) is 0 Å². The number of nitrogens with two attached hydrogens (primary N) is 2. The first-order valence-electron chi connectivity index (χ1n) is 4.43. The predicted molar refractivity (Wildman–Crippen MR) is 61.4 cm³/mol. The summed E-state index contributed by atoms with van der Waals surface area (Å²) >= 11 is 0. The van der Waals surface area contributed by atoms with E-state index in [1.807, 2.05) is 0 Å². The first kappa shape index (κ1) is 10.7. The number of hydrogen-bond acceptors (Lipinski definition) is 4. The van der Waals surface area contributed by atoms with E-state index in [1.54, 1.807) is 18.2 Å². The molecule has 0 aliphatic carbocycles. The Morgan fingerprint density at radius 1 is 1.12 bits per heavy atom.